The molecule has 2 heterocycles. The Bertz CT molecular complexity index is 739. The van der Waals surface area contributed by atoms with Gasteiger partial charge in [0.25, 0.3) is 0 Å². The molecule has 1 atom stereocenters. The molecule has 1 aliphatic heterocycles. The SMILES string of the molecule is CN=C(NCCc1c[nH]c2ccc(F)cc12)NCCN1CCCCC1C. The zero-order valence-corrected chi connectivity index (χ0v) is 15.8. The maximum Gasteiger partial charge on any atom is 0.191 e. The van der Waals surface area contributed by atoms with E-state index in [0.717, 1.165) is 48.5 Å². The summed E-state index contributed by atoms with van der Waals surface area (Å²) in [6.45, 7) is 6.21. The number of benzene rings is 1. The number of hydrogen-bond acceptors (Lipinski definition) is 2. The lowest BCUT2D eigenvalue weighted by molar-refractivity contribution is 0.163. The van der Waals surface area contributed by atoms with Gasteiger partial charge in [-0.05, 0) is 56.5 Å². The minimum absolute atomic E-state index is 0.198. The molecule has 0 radical (unpaired) electrons. The van der Waals surface area contributed by atoms with E-state index < -0.39 is 0 Å². The van der Waals surface area contributed by atoms with Gasteiger partial charge < -0.3 is 15.6 Å². The summed E-state index contributed by atoms with van der Waals surface area (Å²) in [6, 6.07) is 5.54. The highest BCUT2D eigenvalue weighted by Crippen LogP contribution is 2.19. The fraction of sp³-hybridized carbons (Fsp3) is 0.550. The predicted molar refractivity (Wildman–Crippen MR) is 106 cm³/mol. The Kier molecular flexibility index (Phi) is 6.50. The Labute approximate surface area is 155 Å². The van der Waals surface area contributed by atoms with Crippen molar-refractivity contribution in [2.75, 3.05) is 33.2 Å². The maximum absolute atomic E-state index is 13.5. The first-order chi connectivity index (χ1) is 12.7. The Balaban J connectivity index is 1.43. The number of aromatic amines is 1. The van der Waals surface area contributed by atoms with Crippen LogP contribution in [-0.4, -0.2) is 55.1 Å². The van der Waals surface area contributed by atoms with Crippen molar-refractivity contribution in [2.45, 2.75) is 38.6 Å². The van der Waals surface area contributed by atoms with Crippen molar-refractivity contribution in [3.8, 4) is 0 Å². The Morgan fingerprint density at radius 1 is 1.31 bits per heavy atom. The summed E-state index contributed by atoms with van der Waals surface area (Å²) in [7, 11) is 1.79. The molecule has 6 heteroatoms. The standard InChI is InChI=1S/C20H30FN5/c1-15-5-3-4-11-26(15)12-10-24-20(22-2)23-9-8-16-14-25-19-7-6-17(21)13-18(16)19/h6-7,13-15,25H,3-5,8-12H2,1-2H3,(H2,22,23,24). The second-order valence-corrected chi connectivity index (χ2v) is 7.06. The maximum atomic E-state index is 13.5. The molecule has 1 aliphatic rings. The Morgan fingerprint density at radius 3 is 2.96 bits per heavy atom. The van der Waals surface area contributed by atoms with Crippen molar-refractivity contribution in [1.29, 1.82) is 0 Å². The van der Waals surface area contributed by atoms with Crippen LogP contribution in [0, 0.1) is 5.82 Å². The van der Waals surface area contributed by atoms with Crippen LogP contribution in [0.15, 0.2) is 29.4 Å². The first kappa shape index (κ1) is 18.7. The third-order valence-electron chi connectivity index (χ3n) is 5.27. The summed E-state index contributed by atoms with van der Waals surface area (Å²) in [6.07, 6.45) is 6.74. The molecule has 0 amide bonds. The fourth-order valence-corrected chi connectivity index (χ4v) is 3.70. The van der Waals surface area contributed by atoms with E-state index in [1.165, 1.54) is 31.9 Å². The molecule has 1 aromatic carbocycles. The second-order valence-electron chi connectivity index (χ2n) is 7.06. The number of hydrogen-bond donors (Lipinski definition) is 3. The molecular formula is C20H30FN5. The highest BCUT2D eigenvalue weighted by molar-refractivity contribution is 5.83. The summed E-state index contributed by atoms with van der Waals surface area (Å²) < 4.78 is 13.5. The van der Waals surface area contributed by atoms with Crippen LogP contribution in [0.5, 0.6) is 0 Å². The van der Waals surface area contributed by atoms with Crippen LogP contribution < -0.4 is 10.6 Å². The molecule has 3 rings (SSSR count). The van der Waals surface area contributed by atoms with Crippen LogP contribution >= 0.6 is 0 Å². The summed E-state index contributed by atoms with van der Waals surface area (Å²) in [5, 5.41) is 7.69. The van der Waals surface area contributed by atoms with E-state index in [9.17, 15) is 4.39 Å². The van der Waals surface area contributed by atoms with Crippen LogP contribution in [0.4, 0.5) is 4.39 Å². The van der Waals surface area contributed by atoms with Gasteiger partial charge in [-0.1, -0.05) is 6.42 Å². The van der Waals surface area contributed by atoms with E-state index in [-0.39, 0.29) is 5.82 Å². The number of aromatic nitrogens is 1. The fourth-order valence-electron chi connectivity index (χ4n) is 3.70. The van der Waals surface area contributed by atoms with E-state index >= 15 is 0 Å². The van der Waals surface area contributed by atoms with Crippen LogP contribution in [0.1, 0.15) is 31.7 Å². The van der Waals surface area contributed by atoms with Gasteiger partial charge in [-0.2, -0.15) is 0 Å². The molecular weight excluding hydrogens is 329 g/mol. The molecule has 0 spiro atoms. The zero-order valence-electron chi connectivity index (χ0n) is 15.8. The number of nitrogens with one attached hydrogen (secondary N) is 3. The molecule has 5 nitrogen and oxygen atoms in total. The van der Waals surface area contributed by atoms with Gasteiger partial charge in [0.2, 0.25) is 0 Å². The average molecular weight is 359 g/mol. The Morgan fingerprint density at radius 2 is 2.15 bits per heavy atom. The number of halogens is 1. The number of H-pyrrole nitrogens is 1. The molecule has 0 bridgehead atoms. The third-order valence-corrected chi connectivity index (χ3v) is 5.27. The monoisotopic (exact) mass is 359 g/mol. The normalized spacial score (nSPS) is 19.0. The van der Waals surface area contributed by atoms with Crippen molar-refractivity contribution in [1.82, 2.24) is 20.5 Å². The number of rotatable bonds is 6. The number of nitrogens with zero attached hydrogens (tertiary/aromatic N) is 2. The molecule has 26 heavy (non-hydrogen) atoms. The molecule has 1 unspecified atom stereocenters. The van der Waals surface area contributed by atoms with Crippen molar-refractivity contribution in [3.05, 3.63) is 35.8 Å². The first-order valence-corrected chi connectivity index (χ1v) is 9.61. The van der Waals surface area contributed by atoms with Gasteiger partial charge in [0.1, 0.15) is 5.82 Å². The van der Waals surface area contributed by atoms with Gasteiger partial charge >= 0.3 is 0 Å². The summed E-state index contributed by atoms with van der Waals surface area (Å²) in [4.78, 5) is 10.0. The van der Waals surface area contributed by atoms with Crippen molar-refractivity contribution < 1.29 is 4.39 Å². The topological polar surface area (TPSA) is 55.5 Å². The van der Waals surface area contributed by atoms with E-state index in [2.05, 4.69) is 32.4 Å². The minimum atomic E-state index is -0.198. The molecule has 1 saturated heterocycles. The van der Waals surface area contributed by atoms with Gasteiger partial charge in [-0.15, -0.1) is 0 Å². The molecule has 2 aromatic rings. The average Bonchev–Trinajstić information content (AvgIpc) is 3.04. The van der Waals surface area contributed by atoms with Crippen molar-refractivity contribution in [2.24, 2.45) is 4.99 Å². The van der Waals surface area contributed by atoms with Crippen LogP contribution in [-0.2, 0) is 6.42 Å². The van der Waals surface area contributed by atoms with Gasteiger partial charge in [0.15, 0.2) is 5.96 Å². The van der Waals surface area contributed by atoms with E-state index in [1.807, 2.05) is 6.20 Å². The quantitative estimate of drug-likeness (QED) is 0.549. The number of fused-ring (bicyclic) bond motifs is 1. The molecule has 0 saturated carbocycles. The number of likely N-dealkylation sites (tertiary alicyclic amines) is 1. The summed E-state index contributed by atoms with van der Waals surface area (Å²) in [5.74, 6) is 0.622. The summed E-state index contributed by atoms with van der Waals surface area (Å²) in [5.41, 5.74) is 2.09. The van der Waals surface area contributed by atoms with E-state index in [0.29, 0.717) is 6.04 Å². The van der Waals surface area contributed by atoms with E-state index in [4.69, 9.17) is 0 Å². The second kappa shape index (κ2) is 9.03. The lowest BCUT2D eigenvalue weighted by Gasteiger charge is -2.33. The van der Waals surface area contributed by atoms with Crippen molar-refractivity contribution in [3.63, 3.8) is 0 Å². The Hall–Kier alpha value is -2.08. The van der Waals surface area contributed by atoms with E-state index in [1.54, 1.807) is 19.2 Å². The summed E-state index contributed by atoms with van der Waals surface area (Å²) >= 11 is 0. The van der Waals surface area contributed by atoms with Gasteiger partial charge in [-0.3, -0.25) is 9.89 Å². The molecule has 1 aromatic heterocycles. The lowest BCUT2D eigenvalue weighted by atomic mass is 10.0. The van der Waals surface area contributed by atoms with Crippen LogP contribution in [0.2, 0.25) is 0 Å². The highest BCUT2D eigenvalue weighted by Gasteiger charge is 2.17. The number of aliphatic imine (C=N–C) groups is 1. The van der Waals surface area contributed by atoms with Crippen LogP contribution in [0.25, 0.3) is 10.9 Å². The third kappa shape index (κ3) is 4.75. The molecule has 0 aliphatic carbocycles. The zero-order chi connectivity index (χ0) is 18.4. The number of piperidine rings is 1. The van der Waals surface area contributed by atoms with Gasteiger partial charge in [0.05, 0.1) is 0 Å². The van der Waals surface area contributed by atoms with Gasteiger partial charge in [-0.25, -0.2) is 4.39 Å². The predicted octanol–water partition coefficient (Wildman–Crippen LogP) is 2.89. The van der Waals surface area contributed by atoms with Crippen LogP contribution in [0.3, 0.4) is 0 Å². The lowest BCUT2D eigenvalue weighted by Crippen LogP contribution is -2.45. The van der Waals surface area contributed by atoms with Gasteiger partial charge in [0, 0.05) is 49.8 Å². The molecule has 142 valence electrons. The minimum Gasteiger partial charge on any atom is -0.361 e. The molecule has 3 N–H and O–H groups in total. The molecule has 1 fully saturated rings. The van der Waals surface area contributed by atoms with Crippen molar-refractivity contribution >= 4 is 16.9 Å². The highest BCUT2D eigenvalue weighted by atomic mass is 19.1. The largest absolute Gasteiger partial charge is 0.361 e. The first-order valence-electron chi connectivity index (χ1n) is 9.61. The smallest absolute Gasteiger partial charge is 0.191 e. The number of guanidine groups is 1.